The van der Waals surface area contributed by atoms with Crippen molar-refractivity contribution in [3.8, 4) is 0 Å². The molecule has 4 rings (SSSR count). The third-order valence-electron chi connectivity index (χ3n) is 4.23. The van der Waals surface area contributed by atoms with Crippen LogP contribution < -0.4 is 10.9 Å². The van der Waals surface area contributed by atoms with E-state index in [0.717, 1.165) is 50.2 Å². The molecule has 0 saturated carbocycles. The van der Waals surface area contributed by atoms with Gasteiger partial charge in [-0.1, -0.05) is 30.3 Å². The summed E-state index contributed by atoms with van der Waals surface area (Å²) in [6.45, 7) is 5.00. The lowest BCUT2D eigenvalue weighted by molar-refractivity contribution is 0.173. The summed E-state index contributed by atoms with van der Waals surface area (Å²) < 4.78 is 0. The molecule has 1 aromatic carbocycles. The third-order valence-corrected chi connectivity index (χ3v) is 4.23. The zero-order valence-electron chi connectivity index (χ0n) is 12.9. The predicted octanol–water partition coefficient (Wildman–Crippen LogP) is 1.82. The molecule has 0 unspecified atom stereocenters. The highest BCUT2D eigenvalue weighted by Crippen LogP contribution is 2.23. The number of hydrogen-bond donors (Lipinski definition) is 2. The summed E-state index contributed by atoms with van der Waals surface area (Å²) >= 11 is 0. The van der Waals surface area contributed by atoms with Crippen molar-refractivity contribution in [1.29, 1.82) is 0 Å². The Balaban J connectivity index is 1.38. The molecular formula is C17H20N6. The van der Waals surface area contributed by atoms with Gasteiger partial charge in [-0.3, -0.25) is 15.8 Å². The molecule has 23 heavy (non-hydrogen) atoms. The van der Waals surface area contributed by atoms with Crippen LogP contribution in [0.2, 0.25) is 0 Å². The summed E-state index contributed by atoms with van der Waals surface area (Å²) in [7, 11) is 0. The Labute approximate surface area is 135 Å². The van der Waals surface area contributed by atoms with E-state index >= 15 is 0 Å². The molecule has 2 aliphatic heterocycles. The van der Waals surface area contributed by atoms with E-state index in [2.05, 4.69) is 61.0 Å². The van der Waals surface area contributed by atoms with Gasteiger partial charge in [0.05, 0.1) is 5.69 Å². The summed E-state index contributed by atoms with van der Waals surface area (Å²) in [5.74, 6) is 1.60. The fourth-order valence-corrected chi connectivity index (χ4v) is 2.94. The fourth-order valence-electron chi connectivity index (χ4n) is 2.94. The first-order valence-corrected chi connectivity index (χ1v) is 7.95. The number of benzene rings is 1. The van der Waals surface area contributed by atoms with Gasteiger partial charge in [-0.25, -0.2) is 4.98 Å². The molecule has 6 heteroatoms. The molecule has 0 spiro atoms. The first kappa shape index (κ1) is 14.0. The normalized spacial score (nSPS) is 17.7. The molecule has 0 bridgehead atoms. The molecule has 2 aromatic rings. The van der Waals surface area contributed by atoms with E-state index in [-0.39, 0.29) is 0 Å². The molecule has 1 fully saturated rings. The molecule has 2 aliphatic rings. The first-order valence-electron chi connectivity index (χ1n) is 7.95. The van der Waals surface area contributed by atoms with Gasteiger partial charge in [-0.2, -0.15) is 4.99 Å². The predicted molar refractivity (Wildman–Crippen MR) is 91.4 cm³/mol. The molecule has 0 amide bonds. The summed E-state index contributed by atoms with van der Waals surface area (Å²) in [6, 6.07) is 14.5. The van der Waals surface area contributed by atoms with Crippen LogP contribution in [-0.2, 0) is 6.54 Å². The molecule has 0 radical (unpaired) electrons. The summed E-state index contributed by atoms with van der Waals surface area (Å²) in [4.78, 5) is 13.7. The molecule has 1 aromatic heterocycles. The van der Waals surface area contributed by atoms with Crippen LogP contribution in [0.1, 0.15) is 5.56 Å². The second-order valence-corrected chi connectivity index (χ2v) is 5.81. The van der Waals surface area contributed by atoms with Crippen LogP contribution in [0.3, 0.4) is 0 Å². The first-order chi connectivity index (χ1) is 11.4. The third kappa shape index (κ3) is 3.12. The second-order valence-electron chi connectivity index (χ2n) is 5.81. The molecule has 1 saturated heterocycles. The lowest BCUT2D eigenvalue weighted by atomic mass is 10.2. The number of pyridine rings is 1. The topological polar surface area (TPSA) is 55.8 Å². The Morgan fingerprint density at radius 2 is 1.74 bits per heavy atom. The van der Waals surface area contributed by atoms with Crippen LogP contribution in [0.15, 0.2) is 53.7 Å². The van der Waals surface area contributed by atoms with E-state index in [9.17, 15) is 0 Å². The maximum atomic E-state index is 4.62. The zero-order chi connectivity index (χ0) is 15.5. The van der Waals surface area contributed by atoms with Crippen molar-refractivity contribution in [3.63, 3.8) is 0 Å². The van der Waals surface area contributed by atoms with Crippen LogP contribution in [-0.4, -0.2) is 46.9 Å². The Morgan fingerprint density at radius 1 is 0.913 bits per heavy atom. The van der Waals surface area contributed by atoms with Gasteiger partial charge in [0.15, 0.2) is 5.82 Å². The monoisotopic (exact) mass is 308 g/mol. The SMILES string of the molecule is c1ccc(CN2CCN(C3=Nc4ncccc4NN3)CC2)cc1. The van der Waals surface area contributed by atoms with E-state index in [1.165, 1.54) is 5.56 Å². The van der Waals surface area contributed by atoms with E-state index in [4.69, 9.17) is 0 Å². The number of hydrazine groups is 1. The molecule has 2 N–H and O–H groups in total. The van der Waals surface area contributed by atoms with E-state index in [1.54, 1.807) is 6.20 Å². The smallest absolute Gasteiger partial charge is 0.219 e. The number of guanidine groups is 1. The number of piperazine rings is 1. The van der Waals surface area contributed by atoms with Crippen molar-refractivity contribution in [2.75, 3.05) is 31.6 Å². The average Bonchev–Trinajstić information content (AvgIpc) is 2.63. The zero-order valence-corrected chi connectivity index (χ0v) is 12.9. The Hall–Kier alpha value is -2.60. The number of nitrogens with one attached hydrogen (secondary N) is 2. The van der Waals surface area contributed by atoms with Gasteiger partial charge in [0.2, 0.25) is 5.96 Å². The Kier molecular flexibility index (Phi) is 3.81. The largest absolute Gasteiger partial charge is 0.339 e. The van der Waals surface area contributed by atoms with Crippen molar-refractivity contribution in [1.82, 2.24) is 20.2 Å². The van der Waals surface area contributed by atoms with Crippen molar-refractivity contribution in [2.45, 2.75) is 6.54 Å². The van der Waals surface area contributed by atoms with Crippen molar-refractivity contribution in [3.05, 3.63) is 54.2 Å². The lowest BCUT2D eigenvalue weighted by Crippen LogP contribution is -2.53. The van der Waals surface area contributed by atoms with Crippen LogP contribution >= 0.6 is 0 Å². The molecule has 0 aliphatic carbocycles. The van der Waals surface area contributed by atoms with Gasteiger partial charge in [-0.15, -0.1) is 0 Å². The number of aromatic nitrogens is 1. The maximum Gasteiger partial charge on any atom is 0.219 e. The van der Waals surface area contributed by atoms with E-state index < -0.39 is 0 Å². The number of aliphatic imine (C=N–C) groups is 1. The molecule has 3 heterocycles. The van der Waals surface area contributed by atoms with Gasteiger partial charge in [0.1, 0.15) is 0 Å². The molecule has 6 nitrogen and oxygen atoms in total. The minimum Gasteiger partial charge on any atom is -0.339 e. The quantitative estimate of drug-likeness (QED) is 0.886. The molecular weight excluding hydrogens is 288 g/mol. The summed E-state index contributed by atoms with van der Waals surface area (Å²) in [5, 5.41) is 0. The van der Waals surface area contributed by atoms with Crippen LogP contribution in [0.25, 0.3) is 0 Å². The Bertz CT molecular complexity index is 691. The van der Waals surface area contributed by atoms with Crippen LogP contribution in [0.5, 0.6) is 0 Å². The van der Waals surface area contributed by atoms with Crippen LogP contribution in [0.4, 0.5) is 11.5 Å². The Morgan fingerprint density at radius 3 is 2.57 bits per heavy atom. The minimum absolute atomic E-state index is 0.743. The summed E-state index contributed by atoms with van der Waals surface area (Å²) in [6.07, 6.45) is 1.77. The van der Waals surface area contributed by atoms with Crippen LogP contribution in [0, 0.1) is 0 Å². The van der Waals surface area contributed by atoms with Crippen molar-refractivity contribution in [2.24, 2.45) is 4.99 Å². The van der Waals surface area contributed by atoms with E-state index in [1.807, 2.05) is 12.1 Å². The van der Waals surface area contributed by atoms with Crippen molar-refractivity contribution >= 4 is 17.5 Å². The molecule has 0 atom stereocenters. The highest BCUT2D eigenvalue weighted by molar-refractivity contribution is 5.88. The minimum atomic E-state index is 0.743. The average molecular weight is 308 g/mol. The van der Waals surface area contributed by atoms with Crippen molar-refractivity contribution < 1.29 is 0 Å². The van der Waals surface area contributed by atoms with Gasteiger partial charge >= 0.3 is 0 Å². The molecule has 118 valence electrons. The highest BCUT2D eigenvalue weighted by atomic mass is 15.5. The second kappa shape index (κ2) is 6.26. The number of rotatable bonds is 2. The highest BCUT2D eigenvalue weighted by Gasteiger charge is 2.22. The standard InChI is InChI=1S/C17H20N6/c1-2-5-14(6-3-1)13-22-9-11-23(12-10-22)17-19-16-15(20-21-17)7-4-8-18-16/h1-8,20H,9-13H2,(H,18,19,21). The number of nitrogens with zero attached hydrogens (tertiary/aromatic N) is 4. The summed E-state index contributed by atoms with van der Waals surface area (Å²) in [5.41, 5.74) is 8.62. The van der Waals surface area contributed by atoms with Gasteiger partial charge in [0, 0.05) is 38.9 Å². The number of anilines is 1. The van der Waals surface area contributed by atoms with E-state index in [0.29, 0.717) is 0 Å². The van der Waals surface area contributed by atoms with Gasteiger partial charge in [0.25, 0.3) is 0 Å². The van der Waals surface area contributed by atoms with Gasteiger partial charge < -0.3 is 4.90 Å². The lowest BCUT2D eigenvalue weighted by Gasteiger charge is -2.37. The fraction of sp³-hybridized carbons (Fsp3) is 0.294. The number of fused-ring (bicyclic) bond motifs is 1. The number of hydrogen-bond acceptors (Lipinski definition) is 6. The maximum absolute atomic E-state index is 4.62. The van der Waals surface area contributed by atoms with Gasteiger partial charge in [-0.05, 0) is 17.7 Å².